The second-order valence-corrected chi connectivity index (χ2v) is 10.1. The Labute approximate surface area is 155 Å². The van der Waals surface area contributed by atoms with E-state index in [-0.39, 0.29) is 29.8 Å². The number of carboxylic acids is 1. The van der Waals surface area contributed by atoms with Gasteiger partial charge in [0.2, 0.25) is 10.9 Å². The lowest BCUT2D eigenvalue weighted by atomic mass is 10.0. The maximum Gasteiger partial charge on any atom is 0.357 e. The summed E-state index contributed by atoms with van der Waals surface area (Å²) in [5.74, 6) is -1.87. The first-order valence-corrected chi connectivity index (χ1v) is 10.5. The number of nitrogens with two attached hydrogens (primary N) is 1. The van der Waals surface area contributed by atoms with Crippen molar-refractivity contribution >= 4 is 27.1 Å². The summed E-state index contributed by atoms with van der Waals surface area (Å²) in [6.45, 7) is 2.76. The van der Waals surface area contributed by atoms with Crippen molar-refractivity contribution in [2.75, 3.05) is 13.1 Å². The van der Waals surface area contributed by atoms with Crippen molar-refractivity contribution in [3.63, 3.8) is 0 Å². The van der Waals surface area contributed by atoms with Gasteiger partial charge in [0.15, 0.2) is 0 Å². The summed E-state index contributed by atoms with van der Waals surface area (Å²) >= 11 is 0. The minimum Gasteiger partial charge on any atom is -0.480 e. The van der Waals surface area contributed by atoms with Crippen molar-refractivity contribution in [1.29, 1.82) is 0 Å². The van der Waals surface area contributed by atoms with Gasteiger partial charge in [-0.2, -0.15) is 0 Å². The lowest BCUT2D eigenvalue weighted by Gasteiger charge is -2.30. The van der Waals surface area contributed by atoms with Crippen molar-refractivity contribution in [2.45, 2.75) is 37.8 Å². The molecule has 0 spiro atoms. The molecule has 0 bridgehead atoms. The molecule has 0 aliphatic heterocycles. The van der Waals surface area contributed by atoms with Crippen LogP contribution in [-0.2, 0) is 18.7 Å². The minimum absolute atomic E-state index is 0. The number of amides is 1. The van der Waals surface area contributed by atoms with Crippen LogP contribution in [0.1, 0.15) is 26.7 Å². The normalized spacial score (nSPS) is 13.3. The number of hydrogen-bond donors (Lipinski definition) is 8. The predicted molar refractivity (Wildman–Crippen MR) is 94.7 cm³/mol. The third kappa shape index (κ3) is 9.72. The molecular formula is C11H29N3O11P2. The van der Waals surface area contributed by atoms with E-state index in [0.717, 1.165) is 0 Å². The topological polar surface area (TPSA) is 283 Å². The van der Waals surface area contributed by atoms with Crippen molar-refractivity contribution < 1.29 is 54.4 Å². The van der Waals surface area contributed by atoms with E-state index in [4.69, 9.17) is 30.4 Å². The summed E-state index contributed by atoms with van der Waals surface area (Å²) in [6.07, 6.45) is -0.591. The molecule has 13 N–H and O–H groups in total. The zero-order valence-electron chi connectivity index (χ0n) is 14.8. The number of carbonyl (C=O) groups excluding carboxylic acids is 1. The quantitative estimate of drug-likeness (QED) is 0.117. The van der Waals surface area contributed by atoms with Gasteiger partial charge in [-0.15, -0.1) is 0 Å². The van der Waals surface area contributed by atoms with Crippen LogP contribution >= 0.6 is 15.2 Å². The lowest BCUT2D eigenvalue weighted by Crippen LogP contribution is -2.46. The maximum atomic E-state index is 11.7. The smallest absolute Gasteiger partial charge is 0.357 e. The highest BCUT2D eigenvalue weighted by Gasteiger charge is 2.56. The minimum atomic E-state index is -5.33. The molecule has 0 saturated heterocycles. The molecular weight excluding hydrogens is 412 g/mol. The molecule has 1 unspecified atom stereocenters. The van der Waals surface area contributed by atoms with E-state index in [1.807, 2.05) is 0 Å². The molecule has 27 heavy (non-hydrogen) atoms. The standard InChI is InChI=1S/C11H25N3O9P2.2H2O/c1-7(2)5-8(10(16)17)14-9(15)6-13-4-3-11(12,24(18,19)20)25(21,22)23;;/h7-8,13H,3-6,12H2,1-2H3,(H,14,15)(H,16,17)(H2,18,19,20)(H2,21,22,23);2*1H2. The van der Waals surface area contributed by atoms with Crippen LogP contribution in [0.4, 0.5) is 0 Å². The van der Waals surface area contributed by atoms with Crippen LogP contribution in [0.2, 0.25) is 0 Å². The van der Waals surface area contributed by atoms with Crippen LogP contribution < -0.4 is 16.4 Å². The molecule has 164 valence electrons. The van der Waals surface area contributed by atoms with Crippen LogP contribution in [0.3, 0.4) is 0 Å². The van der Waals surface area contributed by atoms with Crippen molar-refractivity contribution in [1.82, 2.24) is 10.6 Å². The van der Waals surface area contributed by atoms with Gasteiger partial charge in [0.25, 0.3) is 0 Å². The number of aliphatic carboxylic acids is 1. The highest BCUT2D eigenvalue weighted by Crippen LogP contribution is 2.67. The van der Waals surface area contributed by atoms with Gasteiger partial charge in [0, 0.05) is 6.42 Å². The summed E-state index contributed by atoms with van der Waals surface area (Å²) in [7, 11) is -10.7. The Morgan fingerprint density at radius 3 is 1.85 bits per heavy atom. The van der Waals surface area contributed by atoms with E-state index in [2.05, 4.69) is 10.6 Å². The first-order valence-electron chi connectivity index (χ1n) is 7.25. The number of nitrogens with one attached hydrogen (secondary N) is 2. The summed E-state index contributed by atoms with van der Waals surface area (Å²) in [5, 5.41) is 10.6. The average Bonchev–Trinajstić information content (AvgIpc) is 2.39. The van der Waals surface area contributed by atoms with E-state index in [1.54, 1.807) is 13.8 Å². The molecule has 1 amide bonds. The van der Waals surface area contributed by atoms with Crippen molar-refractivity contribution in [2.24, 2.45) is 11.7 Å². The monoisotopic (exact) mass is 441 g/mol. The van der Waals surface area contributed by atoms with Crippen LogP contribution in [-0.4, -0.2) is 71.7 Å². The Bertz CT molecular complexity index is 552. The molecule has 0 aromatic carbocycles. The van der Waals surface area contributed by atoms with Crippen molar-refractivity contribution in [3.8, 4) is 0 Å². The summed E-state index contributed by atoms with van der Waals surface area (Å²) < 4.78 is 22.5. The summed E-state index contributed by atoms with van der Waals surface area (Å²) in [4.78, 5) is 59.0. The van der Waals surface area contributed by atoms with Gasteiger partial charge in [-0.05, 0) is 18.9 Å². The Morgan fingerprint density at radius 1 is 1.07 bits per heavy atom. The molecule has 0 aromatic heterocycles. The first kappa shape index (κ1) is 30.8. The van der Waals surface area contributed by atoms with Gasteiger partial charge in [0.05, 0.1) is 6.54 Å². The summed E-state index contributed by atoms with van der Waals surface area (Å²) in [6, 6.07) is -1.09. The van der Waals surface area contributed by atoms with E-state index < -0.39 is 51.1 Å². The Morgan fingerprint density at radius 2 is 1.52 bits per heavy atom. The lowest BCUT2D eigenvalue weighted by molar-refractivity contribution is -0.142. The van der Waals surface area contributed by atoms with E-state index in [9.17, 15) is 18.7 Å². The number of carbonyl (C=O) groups is 2. The van der Waals surface area contributed by atoms with E-state index in [0.29, 0.717) is 0 Å². The third-order valence-corrected chi connectivity index (χ3v) is 7.33. The van der Waals surface area contributed by atoms with E-state index >= 15 is 0 Å². The zero-order valence-corrected chi connectivity index (χ0v) is 16.6. The third-order valence-electron chi connectivity index (χ3n) is 3.30. The number of rotatable bonds is 11. The van der Waals surface area contributed by atoms with Crippen LogP contribution in [0.25, 0.3) is 0 Å². The SMILES string of the molecule is CC(C)CC(NC(=O)CNCCC(N)(P(=O)(O)O)P(=O)(O)O)C(=O)O.O.O. The highest BCUT2D eigenvalue weighted by atomic mass is 31.2. The van der Waals surface area contributed by atoms with E-state index in [1.165, 1.54) is 0 Å². The number of hydrogen-bond acceptors (Lipinski definition) is 6. The molecule has 0 aromatic rings. The Balaban J connectivity index is -0.00000288. The largest absolute Gasteiger partial charge is 0.480 e. The second kappa shape index (κ2) is 11.8. The van der Waals surface area contributed by atoms with Crippen LogP contribution in [0.5, 0.6) is 0 Å². The van der Waals surface area contributed by atoms with Crippen LogP contribution in [0.15, 0.2) is 0 Å². The molecule has 0 fully saturated rings. The van der Waals surface area contributed by atoms with Gasteiger partial charge in [0.1, 0.15) is 6.04 Å². The fraction of sp³-hybridized carbons (Fsp3) is 0.818. The van der Waals surface area contributed by atoms with Gasteiger partial charge >= 0.3 is 21.2 Å². The molecule has 1 atom stereocenters. The van der Waals surface area contributed by atoms with Gasteiger partial charge in [-0.1, -0.05) is 13.8 Å². The fourth-order valence-corrected chi connectivity index (χ4v) is 4.04. The molecule has 0 heterocycles. The first-order chi connectivity index (χ1) is 11.1. The molecule has 0 saturated carbocycles. The van der Waals surface area contributed by atoms with Gasteiger partial charge < -0.3 is 52.0 Å². The Hall–Kier alpha value is -0.920. The maximum absolute atomic E-state index is 11.7. The zero-order chi connectivity index (χ0) is 20.1. The van der Waals surface area contributed by atoms with Gasteiger partial charge in [-0.25, -0.2) is 4.79 Å². The highest BCUT2D eigenvalue weighted by molar-refractivity contribution is 7.72. The molecule has 0 radical (unpaired) electrons. The summed E-state index contributed by atoms with van der Waals surface area (Å²) in [5.41, 5.74) is 5.20. The van der Waals surface area contributed by atoms with Crippen LogP contribution in [0, 0.1) is 5.92 Å². The molecule has 0 aliphatic carbocycles. The molecule has 0 aliphatic rings. The molecule has 14 nitrogen and oxygen atoms in total. The van der Waals surface area contributed by atoms with Gasteiger partial charge in [-0.3, -0.25) is 13.9 Å². The molecule has 0 rings (SSSR count). The number of carboxylic acid groups (broad SMARTS) is 1. The van der Waals surface area contributed by atoms with Crippen molar-refractivity contribution in [3.05, 3.63) is 0 Å². The molecule has 16 heteroatoms. The predicted octanol–water partition coefficient (Wildman–Crippen LogP) is -3.10. The fourth-order valence-electron chi connectivity index (χ4n) is 1.87. The Kier molecular flexibility index (Phi) is 13.5. The average molecular weight is 441 g/mol. The second-order valence-electron chi connectivity index (χ2n) is 5.98.